The van der Waals surface area contributed by atoms with E-state index in [0.29, 0.717) is 12.2 Å². The largest absolute Gasteiger partial charge is 0.422 e. The van der Waals surface area contributed by atoms with Crippen LogP contribution in [0.1, 0.15) is 11.3 Å². The van der Waals surface area contributed by atoms with Crippen molar-refractivity contribution in [2.45, 2.75) is 6.54 Å². The number of carbonyl (C=O) groups excluding carboxylic acids is 1. The number of benzene rings is 2. The van der Waals surface area contributed by atoms with Crippen molar-refractivity contribution in [2.24, 2.45) is 0 Å². The molecule has 2 aromatic carbocycles. The summed E-state index contributed by atoms with van der Waals surface area (Å²) in [4.78, 5) is 22.0. The van der Waals surface area contributed by atoms with Crippen LogP contribution in [0.2, 0.25) is 5.02 Å². The van der Waals surface area contributed by atoms with E-state index in [4.69, 9.17) is 16.3 Å². The van der Waals surface area contributed by atoms with E-state index in [1.165, 1.54) is 24.3 Å². The van der Waals surface area contributed by atoms with Gasteiger partial charge in [-0.3, -0.25) is 10.1 Å². The van der Waals surface area contributed by atoms with Gasteiger partial charge < -0.3 is 4.74 Å². The Hall–Kier alpha value is -3.52. The molecule has 3 rings (SSSR count). The predicted octanol–water partition coefficient (Wildman–Crippen LogP) is 3.51. The number of nitro groups is 1. The number of esters is 1. The zero-order chi connectivity index (χ0) is 19.2. The number of nitro benzene ring substituents is 1. The first-order valence-corrected chi connectivity index (χ1v) is 8.17. The average Bonchev–Trinajstić information content (AvgIpc) is 3.10. The van der Waals surface area contributed by atoms with Crippen molar-refractivity contribution >= 4 is 29.3 Å². The van der Waals surface area contributed by atoms with E-state index >= 15 is 0 Å². The summed E-state index contributed by atoms with van der Waals surface area (Å²) in [6.45, 7) is 0.560. The van der Waals surface area contributed by atoms with Gasteiger partial charge >= 0.3 is 5.97 Å². The lowest BCUT2D eigenvalue weighted by Gasteiger charge is -2.03. The van der Waals surface area contributed by atoms with Crippen LogP contribution in [0.5, 0.6) is 5.75 Å². The summed E-state index contributed by atoms with van der Waals surface area (Å²) in [7, 11) is 0. The smallest absolute Gasteiger partial charge is 0.336 e. The molecule has 0 spiro atoms. The van der Waals surface area contributed by atoms with Crippen molar-refractivity contribution in [3.8, 4) is 5.75 Å². The van der Waals surface area contributed by atoms with Crippen molar-refractivity contribution < 1.29 is 14.5 Å². The van der Waals surface area contributed by atoms with Crippen LogP contribution in [0.25, 0.3) is 6.08 Å². The lowest BCUT2D eigenvalue weighted by Crippen LogP contribution is -2.04. The lowest BCUT2D eigenvalue weighted by molar-refractivity contribution is -0.384. The minimum absolute atomic E-state index is 0.0280. The van der Waals surface area contributed by atoms with Crippen LogP contribution < -0.4 is 4.74 Å². The second-order valence-corrected chi connectivity index (χ2v) is 5.86. The number of hydrogen-bond acceptors (Lipinski definition) is 6. The minimum Gasteiger partial charge on any atom is -0.422 e. The second-order valence-electron chi connectivity index (χ2n) is 5.45. The summed E-state index contributed by atoms with van der Waals surface area (Å²) in [5, 5.41) is 18.6. The fraction of sp³-hybridized carbons (Fsp3) is 0.0556. The highest BCUT2D eigenvalue weighted by atomic mass is 35.5. The van der Waals surface area contributed by atoms with Crippen molar-refractivity contribution in [3.63, 3.8) is 0 Å². The summed E-state index contributed by atoms with van der Waals surface area (Å²) in [6, 6.07) is 13.3. The molecule has 0 amide bonds. The fourth-order valence-corrected chi connectivity index (χ4v) is 2.43. The Morgan fingerprint density at radius 1 is 1.26 bits per heavy atom. The van der Waals surface area contributed by atoms with Crippen molar-refractivity contribution in [2.75, 3.05) is 0 Å². The van der Waals surface area contributed by atoms with Crippen molar-refractivity contribution in [1.82, 2.24) is 15.0 Å². The molecule has 3 aromatic rings. The number of carbonyl (C=O) groups is 1. The van der Waals surface area contributed by atoms with Gasteiger partial charge in [0.2, 0.25) is 0 Å². The van der Waals surface area contributed by atoms with Gasteiger partial charge in [-0.15, -0.1) is 5.10 Å². The van der Waals surface area contributed by atoms with Gasteiger partial charge in [0.1, 0.15) is 11.4 Å². The molecule has 0 fully saturated rings. The number of rotatable bonds is 6. The van der Waals surface area contributed by atoms with Gasteiger partial charge in [-0.25, -0.2) is 9.48 Å². The Balaban J connectivity index is 1.61. The molecular weight excluding hydrogens is 372 g/mol. The van der Waals surface area contributed by atoms with Crippen LogP contribution in [-0.4, -0.2) is 25.9 Å². The highest BCUT2D eigenvalue weighted by molar-refractivity contribution is 6.32. The quantitative estimate of drug-likeness (QED) is 0.212. The van der Waals surface area contributed by atoms with E-state index in [-0.39, 0.29) is 16.5 Å². The molecule has 0 atom stereocenters. The Kier molecular flexibility index (Phi) is 5.58. The molecule has 0 N–H and O–H groups in total. The lowest BCUT2D eigenvalue weighted by atomic mass is 10.2. The molecule has 1 heterocycles. The first kappa shape index (κ1) is 18.3. The van der Waals surface area contributed by atoms with E-state index < -0.39 is 10.9 Å². The number of halogens is 1. The van der Waals surface area contributed by atoms with Crippen LogP contribution in [0.3, 0.4) is 0 Å². The van der Waals surface area contributed by atoms with Gasteiger partial charge in [-0.1, -0.05) is 47.1 Å². The molecule has 0 saturated heterocycles. The summed E-state index contributed by atoms with van der Waals surface area (Å²) >= 11 is 5.88. The van der Waals surface area contributed by atoms with E-state index in [1.54, 1.807) is 10.9 Å². The van der Waals surface area contributed by atoms with E-state index in [0.717, 1.165) is 11.6 Å². The maximum absolute atomic E-state index is 11.9. The second kappa shape index (κ2) is 8.24. The summed E-state index contributed by atoms with van der Waals surface area (Å²) in [6.07, 6.45) is 4.32. The zero-order valence-corrected chi connectivity index (χ0v) is 14.6. The van der Waals surface area contributed by atoms with Gasteiger partial charge in [-0.2, -0.15) is 0 Å². The van der Waals surface area contributed by atoms with Crippen LogP contribution in [0.15, 0.2) is 60.8 Å². The van der Waals surface area contributed by atoms with E-state index in [1.807, 2.05) is 30.3 Å². The van der Waals surface area contributed by atoms with Gasteiger partial charge in [0.05, 0.1) is 22.7 Å². The standard InChI is InChI=1S/C18H13ClN4O4/c19-16-10-15(23(25)26)7-8-17(16)27-18(24)9-6-14-12-22(21-20-14)11-13-4-2-1-3-5-13/h1-10,12H,11H2/b9-6+. The third kappa shape index (κ3) is 4.99. The number of hydrogen-bond donors (Lipinski definition) is 0. The summed E-state index contributed by atoms with van der Waals surface area (Å²) in [5.74, 6) is -0.659. The van der Waals surface area contributed by atoms with Crippen molar-refractivity contribution in [1.29, 1.82) is 0 Å². The van der Waals surface area contributed by atoms with Crippen LogP contribution >= 0.6 is 11.6 Å². The topological polar surface area (TPSA) is 100 Å². The maximum Gasteiger partial charge on any atom is 0.336 e. The number of non-ortho nitro benzene ring substituents is 1. The van der Waals surface area contributed by atoms with Gasteiger partial charge in [-0.05, 0) is 17.7 Å². The van der Waals surface area contributed by atoms with Crippen LogP contribution in [-0.2, 0) is 11.3 Å². The normalized spacial score (nSPS) is 10.9. The van der Waals surface area contributed by atoms with E-state index in [9.17, 15) is 14.9 Å². The van der Waals surface area contributed by atoms with Crippen LogP contribution in [0, 0.1) is 10.1 Å². The van der Waals surface area contributed by atoms with Crippen LogP contribution in [0.4, 0.5) is 5.69 Å². The third-order valence-corrected chi connectivity index (χ3v) is 3.77. The Labute approximate surface area is 158 Å². The Morgan fingerprint density at radius 2 is 2.04 bits per heavy atom. The molecule has 27 heavy (non-hydrogen) atoms. The van der Waals surface area contributed by atoms with E-state index in [2.05, 4.69) is 10.3 Å². The third-order valence-electron chi connectivity index (χ3n) is 3.47. The van der Waals surface area contributed by atoms with Gasteiger partial charge in [0.25, 0.3) is 5.69 Å². The zero-order valence-electron chi connectivity index (χ0n) is 13.9. The number of nitrogens with zero attached hydrogens (tertiary/aromatic N) is 4. The Bertz CT molecular complexity index is 1000. The van der Waals surface area contributed by atoms with Gasteiger partial charge in [0, 0.05) is 18.2 Å². The average molecular weight is 385 g/mol. The first-order valence-electron chi connectivity index (χ1n) is 7.79. The SMILES string of the molecule is O=C(/C=C/c1cn(Cc2ccccc2)nn1)Oc1ccc([N+](=O)[O-])cc1Cl. The van der Waals surface area contributed by atoms with Gasteiger partial charge in [0.15, 0.2) is 0 Å². The molecule has 0 aliphatic carbocycles. The first-order chi connectivity index (χ1) is 13.0. The molecule has 0 radical (unpaired) electrons. The molecule has 1 aromatic heterocycles. The molecule has 9 heteroatoms. The minimum atomic E-state index is -0.691. The highest BCUT2D eigenvalue weighted by Gasteiger charge is 2.12. The summed E-state index contributed by atoms with van der Waals surface area (Å²) < 4.78 is 6.72. The molecule has 0 saturated carbocycles. The van der Waals surface area contributed by atoms with Crippen molar-refractivity contribution in [3.05, 3.63) is 87.2 Å². The molecule has 136 valence electrons. The number of aromatic nitrogens is 3. The Morgan fingerprint density at radius 3 is 2.74 bits per heavy atom. The molecular formula is C18H13ClN4O4. The summed E-state index contributed by atoms with van der Waals surface area (Å²) in [5.41, 5.74) is 1.37. The fourth-order valence-electron chi connectivity index (χ4n) is 2.22. The molecule has 0 bridgehead atoms. The number of ether oxygens (including phenoxy) is 1. The maximum atomic E-state index is 11.9. The highest BCUT2D eigenvalue weighted by Crippen LogP contribution is 2.28. The molecule has 0 aliphatic rings. The molecule has 0 aliphatic heterocycles. The molecule has 8 nitrogen and oxygen atoms in total. The molecule has 0 unspecified atom stereocenters. The predicted molar refractivity (Wildman–Crippen MR) is 98.3 cm³/mol. The monoisotopic (exact) mass is 384 g/mol.